The van der Waals surface area contributed by atoms with Gasteiger partial charge in [0.1, 0.15) is 9.84 Å². The zero-order chi connectivity index (χ0) is 12.9. The molecule has 0 aliphatic rings. The van der Waals surface area contributed by atoms with Gasteiger partial charge >= 0.3 is 0 Å². The monoisotopic (exact) mass is 275 g/mol. The molecule has 0 saturated carbocycles. The Morgan fingerprint density at radius 3 is 2.65 bits per heavy atom. The molecule has 0 spiro atoms. The number of halogens is 1. The lowest BCUT2D eigenvalue weighted by atomic mass is 9.97. The first-order valence-electron chi connectivity index (χ1n) is 5.64. The van der Waals surface area contributed by atoms with Crippen LogP contribution in [0.1, 0.15) is 24.8 Å². The zero-order valence-corrected chi connectivity index (χ0v) is 11.5. The Morgan fingerprint density at radius 2 is 2.12 bits per heavy atom. The maximum Gasteiger partial charge on any atom is 0.150 e. The van der Waals surface area contributed by atoms with E-state index in [4.69, 9.17) is 17.3 Å². The van der Waals surface area contributed by atoms with Crippen molar-refractivity contribution in [2.45, 2.75) is 19.3 Å². The van der Waals surface area contributed by atoms with Crippen LogP contribution in [0, 0.1) is 0 Å². The summed E-state index contributed by atoms with van der Waals surface area (Å²) in [5.74, 6) is 0.410. The SMILES string of the molecule is CCS(=O)(=O)CCC(CN)c1cccc(Cl)c1. The molecule has 17 heavy (non-hydrogen) atoms. The van der Waals surface area contributed by atoms with Crippen LogP contribution in [0.2, 0.25) is 5.02 Å². The van der Waals surface area contributed by atoms with Gasteiger partial charge in [-0.2, -0.15) is 0 Å². The molecule has 0 fully saturated rings. The van der Waals surface area contributed by atoms with E-state index >= 15 is 0 Å². The Balaban J connectivity index is 2.73. The molecular weight excluding hydrogens is 258 g/mol. The molecule has 5 heteroatoms. The normalized spacial score (nSPS) is 13.6. The number of benzene rings is 1. The van der Waals surface area contributed by atoms with Crippen molar-refractivity contribution in [1.29, 1.82) is 0 Å². The minimum atomic E-state index is -2.93. The first-order valence-corrected chi connectivity index (χ1v) is 7.84. The van der Waals surface area contributed by atoms with Gasteiger partial charge in [0.05, 0.1) is 5.75 Å². The first kappa shape index (κ1) is 14.5. The fourth-order valence-corrected chi connectivity index (χ4v) is 2.78. The van der Waals surface area contributed by atoms with Crippen LogP contribution in [0.25, 0.3) is 0 Å². The molecule has 2 N–H and O–H groups in total. The zero-order valence-electron chi connectivity index (χ0n) is 9.90. The third-order valence-electron chi connectivity index (χ3n) is 2.82. The van der Waals surface area contributed by atoms with Crippen LogP contribution in [-0.2, 0) is 9.84 Å². The van der Waals surface area contributed by atoms with Crippen LogP contribution >= 0.6 is 11.6 Å². The second-order valence-corrected chi connectivity index (χ2v) is 6.92. The van der Waals surface area contributed by atoms with E-state index in [1.165, 1.54) is 0 Å². The summed E-state index contributed by atoms with van der Waals surface area (Å²) in [4.78, 5) is 0. The molecule has 1 atom stereocenters. The lowest BCUT2D eigenvalue weighted by molar-refractivity contribution is 0.586. The van der Waals surface area contributed by atoms with Gasteiger partial charge in [-0.3, -0.25) is 0 Å². The molecule has 0 heterocycles. The minimum Gasteiger partial charge on any atom is -0.330 e. The summed E-state index contributed by atoms with van der Waals surface area (Å²) in [5.41, 5.74) is 6.69. The lowest BCUT2D eigenvalue weighted by Crippen LogP contribution is -2.18. The van der Waals surface area contributed by atoms with Crippen LogP contribution in [0.5, 0.6) is 0 Å². The summed E-state index contributed by atoms with van der Waals surface area (Å²) in [5, 5.41) is 0.652. The largest absolute Gasteiger partial charge is 0.330 e. The molecule has 0 aliphatic carbocycles. The van der Waals surface area contributed by atoms with Crippen LogP contribution in [0.3, 0.4) is 0 Å². The summed E-state index contributed by atoms with van der Waals surface area (Å²) < 4.78 is 22.9. The Kier molecular flexibility index (Phi) is 5.43. The third kappa shape index (κ3) is 4.66. The number of rotatable bonds is 6. The molecule has 0 saturated heterocycles. The average Bonchev–Trinajstić information content (AvgIpc) is 2.30. The number of hydrogen-bond donors (Lipinski definition) is 1. The predicted octanol–water partition coefficient (Wildman–Crippen LogP) is 2.21. The first-order chi connectivity index (χ1) is 7.98. The van der Waals surface area contributed by atoms with Crippen LogP contribution in [0.4, 0.5) is 0 Å². The minimum absolute atomic E-state index is 0.0509. The van der Waals surface area contributed by atoms with Gasteiger partial charge in [-0.05, 0) is 36.6 Å². The molecule has 1 aromatic rings. The van der Waals surface area contributed by atoms with E-state index in [0.717, 1.165) is 5.56 Å². The Hall–Kier alpha value is -0.580. The second-order valence-electron chi connectivity index (χ2n) is 4.01. The molecule has 0 radical (unpaired) electrons. The van der Waals surface area contributed by atoms with Crippen LogP contribution in [0.15, 0.2) is 24.3 Å². The fourth-order valence-electron chi connectivity index (χ4n) is 1.65. The van der Waals surface area contributed by atoms with Gasteiger partial charge < -0.3 is 5.73 Å². The topological polar surface area (TPSA) is 60.2 Å². The van der Waals surface area contributed by atoms with E-state index in [0.29, 0.717) is 18.0 Å². The quantitative estimate of drug-likeness (QED) is 0.866. The molecule has 1 rings (SSSR count). The van der Waals surface area contributed by atoms with E-state index < -0.39 is 9.84 Å². The molecule has 96 valence electrons. The summed E-state index contributed by atoms with van der Waals surface area (Å²) in [6.45, 7) is 2.09. The number of nitrogens with two attached hydrogens (primary N) is 1. The summed E-state index contributed by atoms with van der Waals surface area (Å²) in [7, 11) is -2.93. The summed E-state index contributed by atoms with van der Waals surface area (Å²) in [6, 6.07) is 7.43. The molecular formula is C12H18ClNO2S. The standard InChI is InChI=1S/C12H18ClNO2S/c1-2-17(15,16)7-6-11(9-14)10-4-3-5-12(13)8-10/h3-5,8,11H,2,6-7,9,14H2,1H3. The second kappa shape index (κ2) is 6.38. The number of sulfone groups is 1. The van der Waals surface area contributed by atoms with Crippen molar-refractivity contribution in [2.75, 3.05) is 18.1 Å². The van der Waals surface area contributed by atoms with Crippen molar-refractivity contribution in [3.63, 3.8) is 0 Å². The van der Waals surface area contributed by atoms with Gasteiger partial charge in [0.2, 0.25) is 0 Å². The molecule has 1 aromatic carbocycles. The Bertz CT molecular complexity index is 459. The third-order valence-corrected chi connectivity index (χ3v) is 4.79. The van der Waals surface area contributed by atoms with Gasteiger partial charge in [-0.1, -0.05) is 30.7 Å². The van der Waals surface area contributed by atoms with Crippen molar-refractivity contribution in [3.05, 3.63) is 34.9 Å². The van der Waals surface area contributed by atoms with Crippen molar-refractivity contribution in [1.82, 2.24) is 0 Å². The van der Waals surface area contributed by atoms with E-state index in [-0.39, 0.29) is 17.4 Å². The molecule has 3 nitrogen and oxygen atoms in total. The number of hydrogen-bond acceptors (Lipinski definition) is 3. The van der Waals surface area contributed by atoms with E-state index in [1.54, 1.807) is 13.0 Å². The van der Waals surface area contributed by atoms with Crippen LogP contribution < -0.4 is 5.73 Å². The average molecular weight is 276 g/mol. The maximum absolute atomic E-state index is 11.5. The highest BCUT2D eigenvalue weighted by atomic mass is 35.5. The highest BCUT2D eigenvalue weighted by Crippen LogP contribution is 2.22. The van der Waals surface area contributed by atoms with Gasteiger partial charge in [-0.25, -0.2) is 8.42 Å². The molecule has 0 aromatic heterocycles. The van der Waals surface area contributed by atoms with Crippen LogP contribution in [-0.4, -0.2) is 26.5 Å². The van der Waals surface area contributed by atoms with Gasteiger partial charge in [0.25, 0.3) is 0 Å². The lowest BCUT2D eigenvalue weighted by Gasteiger charge is -2.15. The van der Waals surface area contributed by atoms with Gasteiger partial charge in [0, 0.05) is 10.8 Å². The summed E-state index contributed by atoms with van der Waals surface area (Å²) >= 11 is 5.90. The maximum atomic E-state index is 11.5. The van der Waals surface area contributed by atoms with Gasteiger partial charge in [-0.15, -0.1) is 0 Å². The molecule has 1 unspecified atom stereocenters. The Morgan fingerprint density at radius 1 is 1.41 bits per heavy atom. The van der Waals surface area contributed by atoms with E-state index in [1.807, 2.05) is 18.2 Å². The van der Waals surface area contributed by atoms with E-state index in [2.05, 4.69) is 0 Å². The Labute approximate surface area is 108 Å². The van der Waals surface area contributed by atoms with Crippen molar-refractivity contribution >= 4 is 21.4 Å². The molecule has 0 bridgehead atoms. The van der Waals surface area contributed by atoms with Crippen molar-refractivity contribution in [2.24, 2.45) is 5.73 Å². The molecule has 0 aliphatic heterocycles. The highest BCUT2D eigenvalue weighted by Gasteiger charge is 2.15. The van der Waals surface area contributed by atoms with Crippen molar-refractivity contribution in [3.8, 4) is 0 Å². The van der Waals surface area contributed by atoms with Gasteiger partial charge in [0.15, 0.2) is 0 Å². The smallest absolute Gasteiger partial charge is 0.150 e. The highest BCUT2D eigenvalue weighted by molar-refractivity contribution is 7.91. The fraction of sp³-hybridized carbons (Fsp3) is 0.500. The predicted molar refractivity (Wildman–Crippen MR) is 72.2 cm³/mol. The van der Waals surface area contributed by atoms with E-state index in [9.17, 15) is 8.42 Å². The molecule has 0 amide bonds. The summed E-state index contributed by atoms with van der Waals surface area (Å²) in [6.07, 6.45) is 0.549. The van der Waals surface area contributed by atoms with Crippen molar-refractivity contribution < 1.29 is 8.42 Å².